The molecule has 0 bridgehead atoms. The molecule has 0 spiro atoms. The Morgan fingerprint density at radius 1 is 1.62 bits per heavy atom. The summed E-state index contributed by atoms with van der Waals surface area (Å²) in [5.41, 5.74) is 7.10. The molecule has 1 rings (SSSR count). The van der Waals surface area contributed by atoms with Crippen molar-refractivity contribution in [1.82, 2.24) is 0 Å². The van der Waals surface area contributed by atoms with E-state index >= 15 is 0 Å². The minimum absolute atomic E-state index is 0.0868. The average Bonchev–Trinajstić information content (AvgIpc) is 2.02. The summed E-state index contributed by atoms with van der Waals surface area (Å²) in [5.74, 6) is 0.399. The molecule has 0 aromatic heterocycles. The Kier molecular flexibility index (Phi) is 3.31. The van der Waals surface area contributed by atoms with Gasteiger partial charge >= 0.3 is 0 Å². The van der Waals surface area contributed by atoms with Crippen molar-refractivity contribution in [1.29, 1.82) is 5.41 Å². The highest BCUT2D eigenvalue weighted by Gasteiger charge is 2.00. The molecular formula is C9H11FN2S. The molecule has 1 aromatic rings. The number of benzene rings is 1. The Balaban J connectivity index is 2.72. The summed E-state index contributed by atoms with van der Waals surface area (Å²) in [4.78, 5) is 0. The minimum atomic E-state index is -0.228. The van der Waals surface area contributed by atoms with Gasteiger partial charge in [-0.25, -0.2) is 4.39 Å². The maximum atomic E-state index is 12.7. The molecule has 0 saturated heterocycles. The highest BCUT2D eigenvalue weighted by Crippen LogP contribution is 2.16. The third-order valence-corrected chi connectivity index (χ3v) is 2.45. The zero-order valence-electron chi connectivity index (χ0n) is 7.30. The van der Waals surface area contributed by atoms with E-state index in [1.807, 2.05) is 6.92 Å². The number of nitrogens with one attached hydrogen (secondary N) is 1. The number of hydrogen-bond donors (Lipinski definition) is 2. The predicted molar refractivity (Wildman–Crippen MR) is 54.3 cm³/mol. The summed E-state index contributed by atoms with van der Waals surface area (Å²) in [6.45, 7) is 1.85. The van der Waals surface area contributed by atoms with Crippen molar-refractivity contribution in [2.24, 2.45) is 5.73 Å². The van der Waals surface area contributed by atoms with Gasteiger partial charge < -0.3 is 5.73 Å². The van der Waals surface area contributed by atoms with Crippen molar-refractivity contribution < 1.29 is 4.39 Å². The summed E-state index contributed by atoms with van der Waals surface area (Å²) < 4.78 is 12.7. The molecule has 1 aromatic carbocycles. The van der Waals surface area contributed by atoms with E-state index in [2.05, 4.69) is 0 Å². The molecule has 0 heterocycles. The Labute approximate surface area is 80.8 Å². The first kappa shape index (κ1) is 10.1. The molecule has 0 radical (unpaired) electrons. The third-order valence-electron chi connectivity index (χ3n) is 1.69. The molecule has 2 nitrogen and oxygen atoms in total. The van der Waals surface area contributed by atoms with Crippen molar-refractivity contribution in [2.45, 2.75) is 12.7 Å². The van der Waals surface area contributed by atoms with Crippen molar-refractivity contribution in [3.8, 4) is 0 Å². The third kappa shape index (κ3) is 3.06. The minimum Gasteiger partial charge on any atom is -0.379 e. The lowest BCUT2D eigenvalue weighted by molar-refractivity contribution is 0.626. The average molecular weight is 198 g/mol. The van der Waals surface area contributed by atoms with Gasteiger partial charge in [0, 0.05) is 5.75 Å². The van der Waals surface area contributed by atoms with Crippen LogP contribution in [0.5, 0.6) is 0 Å². The first-order valence-corrected chi connectivity index (χ1v) is 4.80. The lowest BCUT2D eigenvalue weighted by atomic mass is 10.1. The van der Waals surface area contributed by atoms with Crippen molar-refractivity contribution >= 4 is 16.9 Å². The van der Waals surface area contributed by atoms with Crippen LogP contribution >= 0.6 is 11.8 Å². The summed E-state index contributed by atoms with van der Waals surface area (Å²) in [6, 6.07) is 4.62. The normalized spacial score (nSPS) is 10.0. The van der Waals surface area contributed by atoms with Gasteiger partial charge in [-0.15, -0.1) is 0 Å². The number of amidine groups is 1. The summed E-state index contributed by atoms with van der Waals surface area (Å²) in [5, 5.41) is 7.11. The number of nitrogens with two attached hydrogens (primary N) is 1. The van der Waals surface area contributed by atoms with Gasteiger partial charge in [-0.1, -0.05) is 17.8 Å². The first-order valence-electron chi connectivity index (χ1n) is 3.81. The smallest absolute Gasteiger partial charge is 0.151 e. The van der Waals surface area contributed by atoms with Crippen LogP contribution in [-0.2, 0) is 5.75 Å². The van der Waals surface area contributed by atoms with Crippen LogP contribution in [0.15, 0.2) is 18.2 Å². The van der Waals surface area contributed by atoms with Crippen LogP contribution in [0, 0.1) is 18.2 Å². The number of aryl methyl sites for hydroxylation is 1. The second-order valence-corrected chi connectivity index (χ2v) is 3.74. The topological polar surface area (TPSA) is 49.9 Å². The fourth-order valence-electron chi connectivity index (χ4n) is 0.977. The molecule has 0 aliphatic carbocycles. The van der Waals surface area contributed by atoms with Crippen LogP contribution in [0.1, 0.15) is 11.1 Å². The van der Waals surface area contributed by atoms with Crippen molar-refractivity contribution in [2.75, 3.05) is 0 Å². The number of thioether (sulfide) groups is 1. The standard InChI is InChI=1S/C9H11FN2S/c1-6-4-8(10)3-2-7(6)5-13-9(11)12/h2-4H,5H2,1H3,(H3,11,12). The Hall–Kier alpha value is -1.03. The van der Waals surface area contributed by atoms with E-state index in [0.717, 1.165) is 11.1 Å². The van der Waals surface area contributed by atoms with E-state index in [9.17, 15) is 4.39 Å². The highest BCUT2D eigenvalue weighted by molar-refractivity contribution is 8.13. The molecule has 0 aliphatic heterocycles. The Bertz CT molecular complexity index is 325. The number of hydrogen-bond acceptors (Lipinski definition) is 2. The van der Waals surface area contributed by atoms with E-state index in [0.29, 0.717) is 5.75 Å². The van der Waals surface area contributed by atoms with Gasteiger partial charge in [0.15, 0.2) is 5.17 Å². The quantitative estimate of drug-likeness (QED) is 0.565. The lowest BCUT2D eigenvalue weighted by Gasteiger charge is -2.03. The molecule has 0 unspecified atom stereocenters. The van der Waals surface area contributed by atoms with Gasteiger partial charge in [0.1, 0.15) is 5.82 Å². The van der Waals surface area contributed by atoms with Crippen molar-refractivity contribution in [3.05, 3.63) is 35.1 Å². The molecule has 0 saturated carbocycles. The molecule has 4 heteroatoms. The predicted octanol–water partition coefficient (Wildman–Crippen LogP) is 2.26. The van der Waals surface area contributed by atoms with Gasteiger partial charge in [0.2, 0.25) is 0 Å². The molecule has 0 aliphatic rings. The maximum Gasteiger partial charge on any atom is 0.151 e. The van der Waals surface area contributed by atoms with E-state index in [4.69, 9.17) is 11.1 Å². The van der Waals surface area contributed by atoms with E-state index in [1.54, 1.807) is 6.07 Å². The molecule has 0 atom stereocenters. The zero-order chi connectivity index (χ0) is 9.84. The molecule has 3 N–H and O–H groups in total. The zero-order valence-corrected chi connectivity index (χ0v) is 8.12. The van der Waals surface area contributed by atoms with Crippen LogP contribution in [0.3, 0.4) is 0 Å². The maximum absolute atomic E-state index is 12.7. The monoisotopic (exact) mass is 198 g/mol. The molecular weight excluding hydrogens is 187 g/mol. The van der Waals surface area contributed by atoms with Crippen LogP contribution < -0.4 is 5.73 Å². The molecule has 0 amide bonds. The van der Waals surface area contributed by atoms with Crippen molar-refractivity contribution in [3.63, 3.8) is 0 Å². The second kappa shape index (κ2) is 4.28. The van der Waals surface area contributed by atoms with Gasteiger partial charge in [0.05, 0.1) is 0 Å². The lowest BCUT2D eigenvalue weighted by Crippen LogP contribution is -2.04. The highest BCUT2D eigenvalue weighted by atomic mass is 32.2. The number of rotatable bonds is 2. The van der Waals surface area contributed by atoms with E-state index < -0.39 is 0 Å². The SMILES string of the molecule is Cc1cc(F)ccc1CSC(=N)N. The second-order valence-electron chi connectivity index (χ2n) is 2.72. The molecule has 0 fully saturated rings. The summed E-state index contributed by atoms with van der Waals surface area (Å²) in [6.07, 6.45) is 0. The van der Waals surface area contributed by atoms with Gasteiger partial charge in [-0.05, 0) is 30.2 Å². The Morgan fingerprint density at radius 3 is 2.85 bits per heavy atom. The fraction of sp³-hybridized carbons (Fsp3) is 0.222. The van der Waals surface area contributed by atoms with E-state index in [-0.39, 0.29) is 11.0 Å². The largest absolute Gasteiger partial charge is 0.379 e. The van der Waals surface area contributed by atoms with Crippen LogP contribution in [-0.4, -0.2) is 5.17 Å². The number of halogens is 1. The van der Waals surface area contributed by atoms with Gasteiger partial charge in [-0.3, -0.25) is 5.41 Å². The van der Waals surface area contributed by atoms with Crippen LogP contribution in [0.2, 0.25) is 0 Å². The summed E-state index contributed by atoms with van der Waals surface area (Å²) in [7, 11) is 0. The van der Waals surface area contributed by atoms with Gasteiger partial charge in [-0.2, -0.15) is 0 Å². The summed E-state index contributed by atoms with van der Waals surface area (Å²) >= 11 is 1.24. The van der Waals surface area contributed by atoms with Gasteiger partial charge in [0.25, 0.3) is 0 Å². The van der Waals surface area contributed by atoms with E-state index in [1.165, 1.54) is 23.9 Å². The molecule has 70 valence electrons. The fourth-order valence-corrected chi connectivity index (χ4v) is 1.61. The van der Waals surface area contributed by atoms with Crippen LogP contribution in [0.4, 0.5) is 4.39 Å². The first-order chi connectivity index (χ1) is 6.09. The molecule has 13 heavy (non-hydrogen) atoms. The van der Waals surface area contributed by atoms with Crippen LogP contribution in [0.25, 0.3) is 0 Å². The Morgan fingerprint density at radius 2 is 2.31 bits per heavy atom.